The Balaban J connectivity index is 2.01. The van der Waals surface area contributed by atoms with Gasteiger partial charge in [-0.1, -0.05) is 34.1 Å². The Kier molecular flexibility index (Phi) is 4.37. The molecule has 0 aliphatic rings. The predicted molar refractivity (Wildman–Crippen MR) is 93.3 cm³/mol. The minimum Gasteiger partial charge on any atom is -0.495 e. The van der Waals surface area contributed by atoms with Gasteiger partial charge in [0.25, 0.3) is 0 Å². The highest BCUT2D eigenvalue weighted by atomic mass is 79.9. The zero-order valence-corrected chi connectivity index (χ0v) is 14.8. The lowest BCUT2D eigenvalue weighted by Gasteiger charge is -2.10. The van der Waals surface area contributed by atoms with Crippen molar-refractivity contribution < 1.29 is 13.2 Å². The first-order valence-electron chi connectivity index (χ1n) is 6.89. The molecular weight excluding hydrogens is 378 g/mol. The van der Waals surface area contributed by atoms with Crippen LogP contribution in [-0.2, 0) is 15.6 Å². The van der Waals surface area contributed by atoms with Crippen molar-refractivity contribution in [2.24, 2.45) is 0 Å². The third-order valence-electron chi connectivity index (χ3n) is 3.46. The summed E-state index contributed by atoms with van der Waals surface area (Å²) in [4.78, 5) is 4.48. The molecule has 0 atom stereocenters. The summed E-state index contributed by atoms with van der Waals surface area (Å²) < 4.78 is 31.3. The highest BCUT2D eigenvalue weighted by Gasteiger charge is 2.21. The topological polar surface area (TPSA) is 56.3 Å². The Bertz CT molecular complexity index is 970. The standard InChI is InChI=1S/C17H14BrNO3S/c1-22-16-7-6-14(18)9-17(16)23(20,21)11-12-8-13-4-2-3-5-15(13)19-10-12/h2-10H,11H2,1H3. The number of pyridine rings is 1. The summed E-state index contributed by atoms with van der Waals surface area (Å²) >= 11 is 3.30. The fraction of sp³-hybridized carbons (Fsp3) is 0.118. The maximum atomic E-state index is 12.7. The van der Waals surface area contributed by atoms with Gasteiger partial charge in [-0.2, -0.15) is 0 Å². The number of aromatic nitrogens is 1. The smallest absolute Gasteiger partial charge is 0.186 e. The minimum absolute atomic E-state index is 0.127. The number of hydrogen-bond donors (Lipinski definition) is 0. The molecule has 0 amide bonds. The molecule has 0 aliphatic heterocycles. The normalized spacial score (nSPS) is 11.6. The van der Waals surface area contributed by atoms with Crippen molar-refractivity contribution in [1.82, 2.24) is 4.98 Å². The molecule has 1 heterocycles. The molecule has 4 nitrogen and oxygen atoms in total. The van der Waals surface area contributed by atoms with E-state index in [1.165, 1.54) is 7.11 Å². The number of methoxy groups -OCH3 is 1. The van der Waals surface area contributed by atoms with Crippen molar-refractivity contribution in [3.63, 3.8) is 0 Å². The molecule has 0 N–H and O–H groups in total. The quantitative estimate of drug-likeness (QED) is 0.674. The Morgan fingerprint density at radius 2 is 1.91 bits per heavy atom. The molecule has 0 radical (unpaired) electrons. The molecule has 1 aromatic heterocycles. The monoisotopic (exact) mass is 391 g/mol. The lowest BCUT2D eigenvalue weighted by molar-refractivity contribution is 0.402. The van der Waals surface area contributed by atoms with Gasteiger partial charge in [-0.25, -0.2) is 8.42 Å². The largest absolute Gasteiger partial charge is 0.495 e. The number of sulfone groups is 1. The minimum atomic E-state index is -3.54. The molecule has 2 aromatic carbocycles. The summed E-state index contributed by atoms with van der Waals surface area (Å²) in [5.74, 6) is 0.208. The van der Waals surface area contributed by atoms with Gasteiger partial charge in [0.05, 0.1) is 18.4 Å². The van der Waals surface area contributed by atoms with Crippen LogP contribution in [0.2, 0.25) is 0 Å². The van der Waals surface area contributed by atoms with Crippen LogP contribution in [0.15, 0.2) is 64.1 Å². The third-order valence-corrected chi connectivity index (χ3v) is 5.66. The van der Waals surface area contributed by atoms with Gasteiger partial charge in [-0.3, -0.25) is 4.98 Å². The highest BCUT2D eigenvalue weighted by molar-refractivity contribution is 9.10. The van der Waals surface area contributed by atoms with Gasteiger partial charge in [0.15, 0.2) is 9.84 Å². The zero-order valence-electron chi connectivity index (χ0n) is 12.4. The van der Waals surface area contributed by atoms with Crippen molar-refractivity contribution in [3.8, 4) is 5.75 Å². The Hall–Kier alpha value is -1.92. The molecule has 0 unspecified atom stereocenters. The van der Waals surface area contributed by atoms with Gasteiger partial charge >= 0.3 is 0 Å². The molecule has 0 bridgehead atoms. The third kappa shape index (κ3) is 3.38. The van der Waals surface area contributed by atoms with Gasteiger partial charge in [-0.05, 0) is 35.9 Å². The maximum Gasteiger partial charge on any atom is 0.186 e. The fourth-order valence-electron chi connectivity index (χ4n) is 2.39. The summed E-state index contributed by atoms with van der Waals surface area (Å²) in [6.07, 6.45) is 1.60. The molecule has 6 heteroatoms. The molecule has 0 spiro atoms. The van der Waals surface area contributed by atoms with Crippen LogP contribution in [0.4, 0.5) is 0 Å². The maximum absolute atomic E-state index is 12.7. The van der Waals surface area contributed by atoms with E-state index in [-0.39, 0.29) is 10.6 Å². The second kappa shape index (κ2) is 6.29. The number of halogens is 1. The van der Waals surface area contributed by atoms with Crippen LogP contribution < -0.4 is 4.74 Å². The molecule has 0 aliphatic carbocycles. The van der Waals surface area contributed by atoms with Crippen molar-refractivity contribution in [3.05, 3.63) is 64.8 Å². The molecular formula is C17H14BrNO3S. The number of ether oxygens (including phenoxy) is 1. The SMILES string of the molecule is COc1ccc(Br)cc1S(=O)(=O)Cc1cnc2ccccc2c1. The highest BCUT2D eigenvalue weighted by Crippen LogP contribution is 2.30. The van der Waals surface area contributed by atoms with Crippen molar-refractivity contribution in [1.29, 1.82) is 0 Å². The number of fused-ring (bicyclic) bond motifs is 1. The lowest BCUT2D eigenvalue weighted by Crippen LogP contribution is -2.07. The van der Waals surface area contributed by atoms with E-state index in [1.54, 1.807) is 24.4 Å². The van der Waals surface area contributed by atoms with Gasteiger partial charge in [0.2, 0.25) is 0 Å². The average molecular weight is 392 g/mol. The molecule has 118 valence electrons. The van der Waals surface area contributed by atoms with E-state index < -0.39 is 9.84 Å². The van der Waals surface area contributed by atoms with Crippen LogP contribution >= 0.6 is 15.9 Å². The van der Waals surface area contributed by atoms with Crippen LogP contribution in [0.3, 0.4) is 0 Å². The molecule has 23 heavy (non-hydrogen) atoms. The lowest BCUT2D eigenvalue weighted by atomic mass is 10.2. The Labute approximate surface area is 143 Å². The molecule has 3 aromatic rings. The van der Waals surface area contributed by atoms with E-state index in [0.29, 0.717) is 15.8 Å². The number of hydrogen-bond acceptors (Lipinski definition) is 4. The summed E-state index contributed by atoms with van der Waals surface area (Å²) in [5.41, 5.74) is 1.49. The predicted octanol–water partition coefficient (Wildman–Crippen LogP) is 3.98. The first-order chi connectivity index (χ1) is 11.0. The van der Waals surface area contributed by atoms with E-state index in [4.69, 9.17) is 4.74 Å². The second-order valence-corrected chi connectivity index (χ2v) is 7.96. The van der Waals surface area contributed by atoms with Gasteiger partial charge in [0.1, 0.15) is 10.6 Å². The first kappa shape index (κ1) is 16.0. The number of para-hydroxylation sites is 1. The average Bonchev–Trinajstić information content (AvgIpc) is 2.54. The van der Waals surface area contributed by atoms with E-state index in [2.05, 4.69) is 20.9 Å². The van der Waals surface area contributed by atoms with Crippen molar-refractivity contribution >= 4 is 36.7 Å². The summed E-state index contributed by atoms with van der Waals surface area (Å²) in [6.45, 7) is 0. The molecule has 0 fully saturated rings. The van der Waals surface area contributed by atoms with E-state index in [0.717, 1.165) is 10.9 Å². The molecule has 3 rings (SSSR count). The zero-order chi connectivity index (χ0) is 16.4. The first-order valence-corrected chi connectivity index (χ1v) is 9.34. The van der Waals surface area contributed by atoms with E-state index in [9.17, 15) is 8.42 Å². The number of benzene rings is 2. The molecule has 0 saturated carbocycles. The number of rotatable bonds is 4. The van der Waals surface area contributed by atoms with E-state index in [1.807, 2.05) is 30.3 Å². The van der Waals surface area contributed by atoms with Crippen LogP contribution in [-0.4, -0.2) is 20.5 Å². The van der Waals surface area contributed by atoms with Crippen LogP contribution in [0.25, 0.3) is 10.9 Å². The van der Waals surface area contributed by atoms with E-state index >= 15 is 0 Å². The van der Waals surface area contributed by atoms with Crippen LogP contribution in [0.5, 0.6) is 5.75 Å². The summed E-state index contributed by atoms with van der Waals surface area (Å²) in [7, 11) is -2.08. The van der Waals surface area contributed by atoms with Crippen LogP contribution in [0, 0.1) is 0 Å². The van der Waals surface area contributed by atoms with Crippen LogP contribution in [0.1, 0.15) is 5.56 Å². The van der Waals surface area contributed by atoms with Gasteiger partial charge < -0.3 is 4.74 Å². The van der Waals surface area contributed by atoms with Crippen molar-refractivity contribution in [2.75, 3.05) is 7.11 Å². The summed E-state index contributed by atoms with van der Waals surface area (Å²) in [5, 5.41) is 0.918. The van der Waals surface area contributed by atoms with Gasteiger partial charge in [-0.15, -0.1) is 0 Å². The van der Waals surface area contributed by atoms with Crippen molar-refractivity contribution in [2.45, 2.75) is 10.6 Å². The Morgan fingerprint density at radius 3 is 2.70 bits per heavy atom. The van der Waals surface area contributed by atoms with Gasteiger partial charge in [0, 0.05) is 16.1 Å². The Morgan fingerprint density at radius 1 is 1.13 bits per heavy atom. The summed E-state index contributed by atoms with van der Waals surface area (Å²) in [6, 6.07) is 14.4. The second-order valence-electron chi connectivity index (χ2n) is 5.09. The molecule has 0 saturated heterocycles. The number of nitrogens with zero attached hydrogens (tertiary/aromatic N) is 1. The fourth-order valence-corrected chi connectivity index (χ4v) is 4.42.